The van der Waals surface area contributed by atoms with E-state index in [0.29, 0.717) is 12.3 Å². The molecule has 2 rings (SSSR count). The number of carbonyl (C=O) groups excluding carboxylic acids is 1. The van der Waals surface area contributed by atoms with Crippen LogP contribution in [0.4, 0.5) is 5.69 Å². The monoisotopic (exact) mass is 260 g/mol. The Morgan fingerprint density at radius 2 is 2.37 bits per heavy atom. The molecule has 0 unspecified atom stereocenters. The summed E-state index contributed by atoms with van der Waals surface area (Å²) in [6.07, 6.45) is 3.49. The van der Waals surface area contributed by atoms with E-state index in [4.69, 9.17) is 4.74 Å². The lowest BCUT2D eigenvalue weighted by molar-refractivity contribution is -0.122. The lowest BCUT2D eigenvalue weighted by Crippen LogP contribution is -2.24. The predicted octanol–water partition coefficient (Wildman–Crippen LogP) is 1.15. The molecule has 0 saturated heterocycles. The predicted molar refractivity (Wildman–Crippen MR) is 71.9 cm³/mol. The van der Waals surface area contributed by atoms with Crippen LogP contribution in [0.15, 0.2) is 36.7 Å². The summed E-state index contributed by atoms with van der Waals surface area (Å²) < 4.78 is 5.36. The van der Waals surface area contributed by atoms with Gasteiger partial charge in [0.15, 0.2) is 6.61 Å². The highest BCUT2D eigenvalue weighted by molar-refractivity contribution is 5.77. The smallest absolute Gasteiger partial charge is 0.257 e. The van der Waals surface area contributed by atoms with Gasteiger partial charge in [-0.05, 0) is 12.1 Å². The number of amides is 1. The Morgan fingerprint density at radius 3 is 3.11 bits per heavy atom. The molecule has 0 radical (unpaired) electrons. The number of aromatic amines is 1. The molecule has 0 spiro atoms. The summed E-state index contributed by atoms with van der Waals surface area (Å²) in [5.74, 6) is 1.35. The van der Waals surface area contributed by atoms with Crippen LogP contribution in [0.25, 0.3) is 0 Å². The van der Waals surface area contributed by atoms with Crippen LogP contribution in [0.1, 0.15) is 5.82 Å². The summed E-state index contributed by atoms with van der Waals surface area (Å²) in [5, 5.41) is 5.72. The fourth-order valence-electron chi connectivity index (χ4n) is 1.50. The Labute approximate surface area is 111 Å². The molecule has 6 heteroatoms. The van der Waals surface area contributed by atoms with E-state index in [1.165, 1.54) is 0 Å². The highest BCUT2D eigenvalue weighted by Crippen LogP contribution is 2.17. The number of imidazole rings is 1. The van der Waals surface area contributed by atoms with Gasteiger partial charge in [0.2, 0.25) is 0 Å². The molecule has 2 aromatic rings. The molecule has 6 nitrogen and oxygen atoms in total. The summed E-state index contributed by atoms with van der Waals surface area (Å²) in [6, 6.07) is 7.44. The zero-order valence-electron chi connectivity index (χ0n) is 10.6. The van der Waals surface area contributed by atoms with Gasteiger partial charge in [0.1, 0.15) is 11.6 Å². The van der Waals surface area contributed by atoms with E-state index < -0.39 is 0 Å². The van der Waals surface area contributed by atoms with E-state index in [2.05, 4.69) is 20.6 Å². The Bertz CT molecular complexity index is 525. The molecule has 0 aliphatic carbocycles. The SMILES string of the molecule is CNC(=O)COc1cccc(NCc2ncc[nH]2)c1. The number of ether oxygens (including phenoxy) is 1. The molecule has 19 heavy (non-hydrogen) atoms. The molecule has 0 aliphatic rings. The second-order valence-electron chi connectivity index (χ2n) is 3.88. The van der Waals surface area contributed by atoms with Gasteiger partial charge in [-0.1, -0.05) is 6.07 Å². The van der Waals surface area contributed by atoms with Crippen molar-refractivity contribution >= 4 is 11.6 Å². The van der Waals surface area contributed by atoms with Crippen LogP contribution in [0.2, 0.25) is 0 Å². The summed E-state index contributed by atoms with van der Waals surface area (Å²) in [5.41, 5.74) is 0.908. The lowest BCUT2D eigenvalue weighted by Gasteiger charge is -2.08. The normalized spacial score (nSPS) is 9.95. The number of hydrogen-bond donors (Lipinski definition) is 3. The zero-order valence-corrected chi connectivity index (χ0v) is 10.6. The molecular weight excluding hydrogens is 244 g/mol. The minimum absolute atomic E-state index is 0.0120. The highest BCUT2D eigenvalue weighted by atomic mass is 16.5. The van der Waals surface area contributed by atoms with E-state index in [9.17, 15) is 4.79 Å². The minimum atomic E-state index is -0.158. The van der Waals surface area contributed by atoms with E-state index in [-0.39, 0.29) is 12.5 Å². The molecule has 0 fully saturated rings. The summed E-state index contributed by atoms with van der Waals surface area (Å²) >= 11 is 0. The molecule has 0 saturated carbocycles. The van der Waals surface area contributed by atoms with Crippen LogP contribution in [0.5, 0.6) is 5.75 Å². The molecule has 0 atom stereocenters. The highest BCUT2D eigenvalue weighted by Gasteiger charge is 2.01. The molecule has 0 aliphatic heterocycles. The van der Waals surface area contributed by atoms with Gasteiger partial charge in [-0.3, -0.25) is 4.79 Å². The Kier molecular flexibility index (Phi) is 4.39. The van der Waals surface area contributed by atoms with Gasteiger partial charge in [-0.15, -0.1) is 0 Å². The van der Waals surface area contributed by atoms with Crippen molar-refractivity contribution in [1.82, 2.24) is 15.3 Å². The molecule has 1 aromatic carbocycles. The standard InChI is InChI=1S/C13H16N4O2/c1-14-13(18)9-19-11-4-2-3-10(7-11)17-8-12-15-5-6-16-12/h2-7,17H,8-9H2,1H3,(H,14,18)(H,15,16). The lowest BCUT2D eigenvalue weighted by atomic mass is 10.3. The quantitative estimate of drug-likeness (QED) is 0.728. The van der Waals surface area contributed by atoms with E-state index in [1.54, 1.807) is 25.5 Å². The number of H-pyrrole nitrogens is 1. The summed E-state index contributed by atoms with van der Waals surface area (Å²) in [6.45, 7) is 0.615. The van der Waals surface area contributed by atoms with Gasteiger partial charge in [0.05, 0.1) is 6.54 Å². The van der Waals surface area contributed by atoms with E-state index in [1.807, 2.05) is 18.2 Å². The fraction of sp³-hybridized carbons (Fsp3) is 0.231. The zero-order chi connectivity index (χ0) is 13.5. The first kappa shape index (κ1) is 12.9. The molecule has 1 amide bonds. The molecular formula is C13H16N4O2. The van der Waals surface area contributed by atoms with Gasteiger partial charge in [-0.25, -0.2) is 4.98 Å². The Morgan fingerprint density at radius 1 is 1.47 bits per heavy atom. The van der Waals surface area contributed by atoms with Crippen molar-refractivity contribution in [2.24, 2.45) is 0 Å². The first-order valence-corrected chi connectivity index (χ1v) is 5.93. The third kappa shape index (κ3) is 4.02. The molecule has 3 N–H and O–H groups in total. The summed E-state index contributed by atoms with van der Waals surface area (Å²) in [4.78, 5) is 18.2. The average molecular weight is 260 g/mol. The first-order chi connectivity index (χ1) is 9.28. The van der Waals surface area contributed by atoms with Crippen LogP contribution in [-0.2, 0) is 11.3 Å². The second-order valence-corrected chi connectivity index (χ2v) is 3.88. The van der Waals surface area contributed by atoms with Crippen LogP contribution in [0.3, 0.4) is 0 Å². The molecule has 100 valence electrons. The van der Waals surface area contributed by atoms with Gasteiger partial charge >= 0.3 is 0 Å². The van der Waals surface area contributed by atoms with Gasteiger partial charge < -0.3 is 20.4 Å². The van der Waals surface area contributed by atoms with Crippen molar-refractivity contribution in [1.29, 1.82) is 0 Å². The van der Waals surface area contributed by atoms with Crippen LogP contribution >= 0.6 is 0 Å². The van der Waals surface area contributed by atoms with Crippen LogP contribution in [0, 0.1) is 0 Å². The number of likely N-dealkylation sites (N-methyl/N-ethyl adjacent to an activating group) is 1. The molecule has 1 aromatic heterocycles. The van der Waals surface area contributed by atoms with Gasteiger partial charge in [0.25, 0.3) is 5.91 Å². The van der Waals surface area contributed by atoms with Crippen molar-refractivity contribution in [3.63, 3.8) is 0 Å². The number of rotatable bonds is 6. The number of anilines is 1. The van der Waals surface area contributed by atoms with Crippen molar-refractivity contribution in [2.75, 3.05) is 19.0 Å². The maximum Gasteiger partial charge on any atom is 0.257 e. The van der Waals surface area contributed by atoms with Crippen molar-refractivity contribution < 1.29 is 9.53 Å². The number of benzene rings is 1. The van der Waals surface area contributed by atoms with Crippen LogP contribution < -0.4 is 15.4 Å². The van der Waals surface area contributed by atoms with E-state index >= 15 is 0 Å². The van der Waals surface area contributed by atoms with E-state index in [0.717, 1.165) is 11.5 Å². The first-order valence-electron chi connectivity index (χ1n) is 5.93. The third-order valence-corrected chi connectivity index (χ3v) is 2.50. The Balaban J connectivity index is 1.89. The maximum absolute atomic E-state index is 11.1. The van der Waals surface area contributed by atoms with Crippen molar-refractivity contribution in [3.05, 3.63) is 42.5 Å². The maximum atomic E-state index is 11.1. The summed E-state index contributed by atoms with van der Waals surface area (Å²) in [7, 11) is 1.58. The van der Waals surface area contributed by atoms with Crippen molar-refractivity contribution in [3.8, 4) is 5.75 Å². The Hall–Kier alpha value is -2.50. The second kappa shape index (κ2) is 6.44. The van der Waals surface area contributed by atoms with Gasteiger partial charge in [0, 0.05) is 31.2 Å². The number of hydrogen-bond acceptors (Lipinski definition) is 4. The number of aromatic nitrogens is 2. The average Bonchev–Trinajstić information content (AvgIpc) is 2.96. The largest absolute Gasteiger partial charge is 0.484 e. The van der Waals surface area contributed by atoms with Crippen LogP contribution in [-0.4, -0.2) is 29.5 Å². The number of carbonyl (C=O) groups is 1. The molecule has 1 heterocycles. The number of nitrogens with zero attached hydrogens (tertiary/aromatic N) is 1. The fourth-order valence-corrected chi connectivity index (χ4v) is 1.50. The number of nitrogens with one attached hydrogen (secondary N) is 3. The minimum Gasteiger partial charge on any atom is -0.484 e. The molecule has 0 bridgehead atoms. The topological polar surface area (TPSA) is 79.0 Å². The third-order valence-electron chi connectivity index (χ3n) is 2.50. The van der Waals surface area contributed by atoms with Crippen molar-refractivity contribution in [2.45, 2.75) is 6.54 Å². The van der Waals surface area contributed by atoms with Gasteiger partial charge in [-0.2, -0.15) is 0 Å².